The van der Waals surface area contributed by atoms with Gasteiger partial charge in [-0.15, -0.1) is 0 Å². The van der Waals surface area contributed by atoms with Gasteiger partial charge in [-0.25, -0.2) is 4.98 Å². The van der Waals surface area contributed by atoms with Crippen LogP contribution in [-0.4, -0.2) is 31.2 Å². The fraction of sp³-hybridized carbons (Fsp3) is 0.200. The number of para-hydroxylation sites is 1. The molecular weight excluding hydrogens is 336 g/mol. The number of aromatic nitrogens is 1. The van der Waals surface area contributed by atoms with Crippen molar-refractivity contribution in [3.63, 3.8) is 0 Å². The van der Waals surface area contributed by atoms with Crippen molar-refractivity contribution in [2.75, 3.05) is 20.3 Å². The van der Waals surface area contributed by atoms with E-state index in [0.29, 0.717) is 30.3 Å². The fourth-order valence-electron chi connectivity index (χ4n) is 1.58. The summed E-state index contributed by atoms with van der Waals surface area (Å²) in [5.41, 5.74) is 0.477. The van der Waals surface area contributed by atoms with Crippen LogP contribution in [0.4, 0.5) is 0 Å². The molecule has 5 nitrogen and oxygen atoms in total. The highest BCUT2D eigenvalue weighted by atomic mass is 79.9. The second kappa shape index (κ2) is 7.75. The summed E-state index contributed by atoms with van der Waals surface area (Å²) in [5.74, 6) is 0.907. The highest BCUT2D eigenvalue weighted by molar-refractivity contribution is 9.10. The Morgan fingerprint density at radius 1 is 1.29 bits per heavy atom. The number of halogens is 1. The Labute approximate surface area is 131 Å². The molecule has 2 rings (SSSR count). The van der Waals surface area contributed by atoms with Gasteiger partial charge in [0.1, 0.15) is 5.75 Å². The third kappa shape index (κ3) is 4.54. The molecule has 0 saturated heterocycles. The van der Waals surface area contributed by atoms with Crippen molar-refractivity contribution in [2.45, 2.75) is 0 Å². The van der Waals surface area contributed by atoms with Gasteiger partial charge in [0.05, 0.1) is 16.6 Å². The Kier molecular flexibility index (Phi) is 5.71. The van der Waals surface area contributed by atoms with Crippen LogP contribution in [0.3, 0.4) is 0 Å². The number of benzene rings is 1. The largest absolute Gasteiger partial charge is 0.438 e. The first-order chi connectivity index (χ1) is 10.2. The molecule has 2 aromatic rings. The third-order valence-corrected chi connectivity index (χ3v) is 3.30. The number of methoxy groups -OCH3 is 1. The zero-order valence-corrected chi connectivity index (χ0v) is 13.1. The average molecular weight is 351 g/mol. The van der Waals surface area contributed by atoms with Crippen LogP contribution in [0.25, 0.3) is 0 Å². The Hall–Kier alpha value is -1.92. The molecule has 0 bridgehead atoms. The molecule has 0 atom stereocenters. The number of carbonyl (C=O) groups is 1. The lowest BCUT2D eigenvalue weighted by molar-refractivity contribution is 0.0936. The lowest BCUT2D eigenvalue weighted by Gasteiger charge is -2.07. The number of nitrogens with zero attached hydrogens (tertiary/aromatic N) is 1. The molecule has 0 fully saturated rings. The van der Waals surface area contributed by atoms with E-state index < -0.39 is 0 Å². The molecule has 0 radical (unpaired) electrons. The van der Waals surface area contributed by atoms with Gasteiger partial charge in [0.15, 0.2) is 0 Å². The van der Waals surface area contributed by atoms with Gasteiger partial charge < -0.3 is 14.8 Å². The van der Waals surface area contributed by atoms with E-state index in [-0.39, 0.29) is 5.91 Å². The van der Waals surface area contributed by atoms with Crippen molar-refractivity contribution in [3.8, 4) is 11.6 Å². The molecule has 21 heavy (non-hydrogen) atoms. The van der Waals surface area contributed by atoms with Gasteiger partial charge in [-0.3, -0.25) is 4.79 Å². The maximum Gasteiger partial charge on any atom is 0.252 e. The molecule has 0 spiro atoms. The summed E-state index contributed by atoms with van der Waals surface area (Å²) >= 11 is 3.40. The minimum atomic E-state index is -0.188. The van der Waals surface area contributed by atoms with Crippen LogP contribution in [-0.2, 0) is 4.74 Å². The monoisotopic (exact) mass is 350 g/mol. The van der Waals surface area contributed by atoms with Gasteiger partial charge in [0.2, 0.25) is 5.88 Å². The summed E-state index contributed by atoms with van der Waals surface area (Å²) in [6, 6.07) is 10.8. The van der Waals surface area contributed by atoms with Crippen LogP contribution < -0.4 is 10.1 Å². The van der Waals surface area contributed by atoms with Crippen molar-refractivity contribution >= 4 is 21.8 Å². The fourth-order valence-corrected chi connectivity index (χ4v) is 1.95. The van der Waals surface area contributed by atoms with Crippen LogP contribution in [0.5, 0.6) is 11.6 Å². The van der Waals surface area contributed by atoms with E-state index in [9.17, 15) is 4.79 Å². The number of ether oxygens (including phenoxy) is 2. The van der Waals surface area contributed by atoms with E-state index in [2.05, 4.69) is 26.2 Å². The Morgan fingerprint density at radius 3 is 2.76 bits per heavy atom. The topological polar surface area (TPSA) is 60.5 Å². The summed E-state index contributed by atoms with van der Waals surface area (Å²) in [4.78, 5) is 15.9. The SMILES string of the molecule is COCCNC(=O)c1ccc(Oc2ccccc2Br)nc1. The maximum absolute atomic E-state index is 11.8. The van der Waals surface area contributed by atoms with Crippen LogP contribution in [0.2, 0.25) is 0 Å². The van der Waals surface area contributed by atoms with Gasteiger partial charge in [0.25, 0.3) is 5.91 Å². The first kappa shape index (κ1) is 15.5. The molecule has 0 unspecified atom stereocenters. The lowest BCUT2D eigenvalue weighted by Crippen LogP contribution is -2.26. The maximum atomic E-state index is 11.8. The van der Waals surface area contributed by atoms with Crippen molar-refractivity contribution in [2.24, 2.45) is 0 Å². The molecule has 1 aromatic heterocycles. The van der Waals surface area contributed by atoms with Gasteiger partial charge >= 0.3 is 0 Å². The van der Waals surface area contributed by atoms with Crippen molar-refractivity contribution in [1.29, 1.82) is 0 Å². The van der Waals surface area contributed by atoms with Crippen molar-refractivity contribution in [1.82, 2.24) is 10.3 Å². The van der Waals surface area contributed by atoms with Crippen LogP contribution in [0.1, 0.15) is 10.4 Å². The summed E-state index contributed by atoms with van der Waals surface area (Å²) in [6.45, 7) is 0.937. The molecule has 0 aliphatic rings. The van der Waals surface area contributed by atoms with Crippen LogP contribution >= 0.6 is 15.9 Å². The number of pyridine rings is 1. The molecule has 1 aromatic carbocycles. The number of amides is 1. The van der Waals surface area contributed by atoms with E-state index in [0.717, 1.165) is 4.47 Å². The Balaban J connectivity index is 1.99. The highest BCUT2D eigenvalue weighted by Crippen LogP contribution is 2.27. The second-order valence-corrected chi connectivity index (χ2v) is 5.02. The summed E-state index contributed by atoms with van der Waals surface area (Å²) in [6.07, 6.45) is 1.48. The Bertz CT molecular complexity index is 602. The summed E-state index contributed by atoms with van der Waals surface area (Å²) < 4.78 is 11.3. The molecule has 1 heterocycles. The predicted octanol–water partition coefficient (Wildman–Crippen LogP) is 3.01. The molecule has 6 heteroatoms. The molecule has 1 N–H and O–H groups in total. The normalized spacial score (nSPS) is 10.2. The third-order valence-electron chi connectivity index (χ3n) is 2.64. The van der Waals surface area contributed by atoms with E-state index >= 15 is 0 Å². The predicted molar refractivity (Wildman–Crippen MR) is 82.7 cm³/mol. The number of rotatable bonds is 6. The minimum Gasteiger partial charge on any atom is -0.438 e. The quantitative estimate of drug-likeness (QED) is 0.813. The van der Waals surface area contributed by atoms with E-state index in [1.165, 1.54) is 6.20 Å². The standard InChI is InChI=1S/C15H15BrN2O3/c1-20-9-8-17-15(19)11-6-7-14(18-10-11)21-13-5-3-2-4-12(13)16/h2-7,10H,8-9H2,1H3,(H,17,19). The van der Waals surface area contributed by atoms with Crippen molar-refractivity contribution in [3.05, 3.63) is 52.6 Å². The molecule has 0 aliphatic carbocycles. The van der Waals surface area contributed by atoms with Crippen LogP contribution in [0.15, 0.2) is 47.1 Å². The van der Waals surface area contributed by atoms with E-state index in [1.807, 2.05) is 24.3 Å². The zero-order chi connectivity index (χ0) is 15.1. The second-order valence-electron chi connectivity index (χ2n) is 4.17. The molecule has 0 aliphatic heterocycles. The molecular formula is C15H15BrN2O3. The van der Waals surface area contributed by atoms with Crippen molar-refractivity contribution < 1.29 is 14.3 Å². The van der Waals surface area contributed by atoms with Gasteiger partial charge in [0, 0.05) is 25.9 Å². The smallest absolute Gasteiger partial charge is 0.252 e. The average Bonchev–Trinajstić information content (AvgIpc) is 2.50. The molecule has 110 valence electrons. The molecule has 0 saturated carbocycles. The zero-order valence-electron chi connectivity index (χ0n) is 11.5. The first-order valence-electron chi connectivity index (χ1n) is 6.36. The van der Waals surface area contributed by atoms with E-state index in [1.54, 1.807) is 19.2 Å². The highest BCUT2D eigenvalue weighted by Gasteiger charge is 2.07. The number of nitrogens with one attached hydrogen (secondary N) is 1. The first-order valence-corrected chi connectivity index (χ1v) is 7.15. The lowest BCUT2D eigenvalue weighted by atomic mass is 10.2. The van der Waals surface area contributed by atoms with Gasteiger partial charge in [-0.2, -0.15) is 0 Å². The van der Waals surface area contributed by atoms with Crippen LogP contribution in [0, 0.1) is 0 Å². The Morgan fingerprint density at radius 2 is 2.10 bits per heavy atom. The van der Waals surface area contributed by atoms with Gasteiger partial charge in [-0.05, 0) is 34.1 Å². The van der Waals surface area contributed by atoms with E-state index in [4.69, 9.17) is 9.47 Å². The summed E-state index contributed by atoms with van der Waals surface area (Å²) in [5, 5.41) is 2.73. The summed E-state index contributed by atoms with van der Waals surface area (Å²) in [7, 11) is 1.58. The number of carbonyl (C=O) groups excluding carboxylic acids is 1. The minimum absolute atomic E-state index is 0.188. The number of hydrogen-bond acceptors (Lipinski definition) is 4. The van der Waals surface area contributed by atoms with Gasteiger partial charge in [-0.1, -0.05) is 12.1 Å². The molecule has 1 amide bonds. The number of hydrogen-bond donors (Lipinski definition) is 1.